The highest BCUT2D eigenvalue weighted by atomic mass is 32.2. The van der Waals surface area contributed by atoms with Crippen molar-refractivity contribution < 1.29 is 13.2 Å². The highest BCUT2D eigenvalue weighted by molar-refractivity contribution is 7.89. The average Bonchev–Trinajstić information content (AvgIpc) is 3.11. The van der Waals surface area contributed by atoms with Crippen molar-refractivity contribution in [1.29, 1.82) is 0 Å². The van der Waals surface area contributed by atoms with Crippen molar-refractivity contribution in [2.24, 2.45) is 0 Å². The second-order valence-electron chi connectivity index (χ2n) is 6.21. The van der Waals surface area contributed by atoms with Crippen LogP contribution in [0.25, 0.3) is 0 Å². The molecule has 0 radical (unpaired) electrons. The minimum Gasteiger partial charge on any atom is -0.495 e. The minimum atomic E-state index is -3.56. The summed E-state index contributed by atoms with van der Waals surface area (Å²) in [5, 5.41) is 4.26. The van der Waals surface area contributed by atoms with Crippen LogP contribution in [0.15, 0.2) is 35.5 Å². The first kappa shape index (κ1) is 17.0. The quantitative estimate of drug-likeness (QED) is 0.851. The van der Waals surface area contributed by atoms with E-state index in [0.29, 0.717) is 18.8 Å². The molecule has 0 aliphatic carbocycles. The summed E-state index contributed by atoms with van der Waals surface area (Å²) in [7, 11) is -2.05. The zero-order valence-corrected chi connectivity index (χ0v) is 15.1. The third kappa shape index (κ3) is 3.06. The van der Waals surface area contributed by atoms with Crippen LogP contribution in [0.5, 0.6) is 5.75 Å². The van der Waals surface area contributed by atoms with Gasteiger partial charge in [0.1, 0.15) is 10.6 Å². The third-order valence-electron chi connectivity index (χ3n) is 4.72. The molecule has 1 aromatic heterocycles. The topological polar surface area (TPSA) is 64.4 Å². The number of aromatic nitrogens is 2. The molecule has 0 N–H and O–H groups in total. The Kier molecular flexibility index (Phi) is 4.64. The molecule has 6 nitrogen and oxygen atoms in total. The number of ether oxygens (including phenoxy) is 1. The zero-order valence-electron chi connectivity index (χ0n) is 14.3. The summed E-state index contributed by atoms with van der Waals surface area (Å²) in [6, 6.07) is 5.65. The van der Waals surface area contributed by atoms with Crippen molar-refractivity contribution in [2.75, 3.05) is 20.2 Å². The minimum absolute atomic E-state index is 0.255. The third-order valence-corrected chi connectivity index (χ3v) is 6.64. The van der Waals surface area contributed by atoms with Crippen molar-refractivity contribution >= 4 is 10.0 Å². The van der Waals surface area contributed by atoms with Crippen LogP contribution in [0.1, 0.15) is 30.0 Å². The Balaban J connectivity index is 1.83. The van der Waals surface area contributed by atoms with Gasteiger partial charge in [-0.3, -0.25) is 4.68 Å². The lowest BCUT2D eigenvalue weighted by Crippen LogP contribution is -2.39. The van der Waals surface area contributed by atoms with Crippen LogP contribution < -0.4 is 4.74 Å². The molecule has 7 heteroatoms. The van der Waals surface area contributed by atoms with Gasteiger partial charge in [-0.1, -0.05) is 0 Å². The molecule has 1 aromatic carbocycles. The summed E-state index contributed by atoms with van der Waals surface area (Å²) < 4.78 is 34.9. The van der Waals surface area contributed by atoms with Gasteiger partial charge in [-0.25, -0.2) is 8.42 Å². The van der Waals surface area contributed by atoms with Gasteiger partial charge in [0.2, 0.25) is 10.0 Å². The highest BCUT2D eigenvalue weighted by Crippen LogP contribution is 2.32. The first-order valence-corrected chi connectivity index (χ1v) is 9.52. The number of sulfonamides is 1. The maximum absolute atomic E-state index is 13.0. The molecule has 1 aliphatic rings. The summed E-state index contributed by atoms with van der Waals surface area (Å²) in [4.78, 5) is 0.255. The predicted molar refractivity (Wildman–Crippen MR) is 91.7 cm³/mol. The standard InChI is InChI=1S/C17H23N3O3S/c1-13-11-16(23-3)17(12-14(13)2)24(21,22)19-9-5-15(6-10-19)20-8-4-7-18-20/h4,7-8,11-12,15H,5-6,9-10H2,1-3H3. The van der Waals surface area contributed by atoms with E-state index >= 15 is 0 Å². The summed E-state index contributed by atoms with van der Waals surface area (Å²) in [5.41, 5.74) is 1.96. The van der Waals surface area contributed by atoms with Gasteiger partial charge in [-0.05, 0) is 56.0 Å². The summed E-state index contributed by atoms with van der Waals surface area (Å²) in [6.45, 7) is 4.84. The van der Waals surface area contributed by atoms with Crippen LogP contribution in [0.4, 0.5) is 0 Å². The number of rotatable bonds is 4. The van der Waals surface area contributed by atoms with Gasteiger partial charge < -0.3 is 4.74 Å². The molecular weight excluding hydrogens is 326 g/mol. The molecule has 2 heterocycles. The molecule has 0 unspecified atom stereocenters. The van der Waals surface area contributed by atoms with E-state index in [1.54, 1.807) is 22.6 Å². The van der Waals surface area contributed by atoms with Gasteiger partial charge in [0.25, 0.3) is 0 Å². The SMILES string of the molecule is COc1cc(C)c(C)cc1S(=O)(=O)N1CCC(n2cccn2)CC1. The number of methoxy groups -OCH3 is 1. The van der Waals surface area contributed by atoms with E-state index in [-0.39, 0.29) is 10.9 Å². The van der Waals surface area contributed by atoms with E-state index in [4.69, 9.17) is 4.74 Å². The summed E-state index contributed by atoms with van der Waals surface area (Å²) in [5.74, 6) is 0.410. The molecule has 1 fully saturated rings. The van der Waals surface area contributed by atoms with E-state index in [2.05, 4.69) is 5.10 Å². The number of hydrogen-bond acceptors (Lipinski definition) is 4. The predicted octanol–water partition coefficient (Wildman–Crippen LogP) is 2.53. The van der Waals surface area contributed by atoms with E-state index < -0.39 is 10.0 Å². The average molecular weight is 349 g/mol. The molecule has 1 saturated heterocycles. The van der Waals surface area contributed by atoms with Crippen molar-refractivity contribution in [3.05, 3.63) is 41.7 Å². The lowest BCUT2D eigenvalue weighted by atomic mass is 10.1. The Morgan fingerprint density at radius 1 is 1.17 bits per heavy atom. The fourth-order valence-electron chi connectivity index (χ4n) is 3.11. The molecule has 2 aromatic rings. The van der Waals surface area contributed by atoms with Gasteiger partial charge in [-0.15, -0.1) is 0 Å². The zero-order chi connectivity index (χ0) is 17.3. The van der Waals surface area contributed by atoms with Gasteiger partial charge in [0, 0.05) is 25.5 Å². The van der Waals surface area contributed by atoms with Crippen LogP contribution in [0.2, 0.25) is 0 Å². The van der Waals surface area contributed by atoms with E-state index in [0.717, 1.165) is 24.0 Å². The molecule has 1 aliphatic heterocycles. The highest BCUT2D eigenvalue weighted by Gasteiger charge is 2.32. The smallest absolute Gasteiger partial charge is 0.246 e. The molecule has 0 amide bonds. The van der Waals surface area contributed by atoms with Crippen LogP contribution in [-0.2, 0) is 10.0 Å². The van der Waals surface area contributed by atoms with E-state index in [1.165, 1.54) is 7.11 Å². The van der Waals surface area contributed by atoms with E-state index in [9.17, 15) is 8.42 Å². The lowest BCUT2D eigenvalue weighted by molar-refractivity contribution is 0.260. The maximum atomic E-state index is 13.0. The van der Waals surface area contributed by atoms with Gasteiger partial charge in [0.15, 0.2) is 0 Å². The molecule has 24 heavy (non-hydrogen) atoms. The van der Waals surface area contributed by atoms with Crippen LogP contribution in [0.3, 0.4) is 0 Å². The molecule has 0 bridgehead atoms. The van der Waals surface area contributed by atoms with Crippen LogP contribution in [-0.4, -0.2) is 42.7 Å². The summed E-state index contributed by atoms with van der Waals surface area (Å²) >= 11 is 0. The largest absolute Gasteiger partial charge is 0.495 e. The van der Waals surface area contributed by atoms with Crippen molar-refractivity contribution in [3.63, 3.8) is 0 Å². The molecule has 130 valence electrons. The number of hydrogen-bond donors (Lipinski definition) is 0. The van der Waals surface area contributed by atoms with Crippen LogP contribution in [0, 0.1) is 13.8 Å². The molecule has 3 rings (SSSR count). The van der Waals surface area contributed by atoms with Gasteiger partial charge in [-0.2, -0.15) is 9.40 Å². The second-order valence-corrected chi connectivity index (χ2v) is 8.12. The molecule has 0 spiro atoms. The number of piperidine rings is 1. The monoisotopic (exact) mass is 349 g/mol. The Hall–Kier alpha value is -1.86. The summed E-state index contributed by atoms with van der Waals surface area (Å²) in [6.07, 6.45) is 5.20. The Bertz CT molecular complexity index is 808. The molecule has 0 atom stereocenters. The second kappa shape index (κ2) is 6.57. The normalized spacial score (nSPS) is 17.1. The van der Waals surface area contributed by atoms with Gasteiger partial charge in [0.05, 0.1) is 13.2 Å². The van der Waals surface area contributed by atoms with Crippen molar-refractivity contribution in [2.45, 2.75) is 37.6 Å². The van der Waals surface area contributed by atoms with Crippen molar-refractivity contribution in [3.8, 4) is 5.75 Å². The maximum Gasteiger partial charge on any atom is 0.246 e. The van der Waals surface area contributed by atoms with Crippen LogP contribution >= 0.6 is 0 Å². The fraction of sp³-hybridized carbons (Fsp3) is 0.471. The number of nitrogens with zero attached hydrogens (tertiary/aromatic N) is 3. The Morgan fingerprint density at radius 3 is 2.42 bits per heavy atom. The fourth-order valence-corrected chi connectivity index (χ4v) is 4.80. The number of benzene rings is 1. The lowest BCUT2D eigenvalue weighted by Gasteiger charge is -2.31. The Labute approximate surface area is 143 Å². The number of aryl methyl sites for hydroxylation is 2. The molecular formula is C17H23N3O3S. The van der Waals surface area contributed by atoms with E-state index in [1.807, 2.05) is 30.8 Å². The Morgan fingerprint density at radius 2 is 1.83 bits per heavy atom. The van der Waals surface area contributed by atoms with Crippen molar-refractivity contribution in [1.82, 2.24) is 14.1 Å². The first-order chi connectivity index (χ1) is 11.4. The molecule has 0 saturated carbocycles. The first-order valence-electron chi connectivity index (χ1n) is 8.08. The van der Waals surface area contributed by atoms with Gasteiger partial charge >= 0.3 is 0 Å².